The largest absolute Gasteiger partial charge is 0.459 e. The van der Waals surface area contributed by atoms with Gasteiger partial charge in [-0.2, -0.15) is 0 Å². The molecule has 0 aromatic heterocycles. The van der Waals surface area contributed by atoms with Crippen LogP contribution in [-0.4, -0.2) is 32.8 Å². The maximum absolute atomic E-state index is 11.0. The van der Waals surface area contributed by atoms with Gasteiger partial charge in [-0.1, -0.05) is 0 Å². The normalized spacial score (nSPS) is 12.6. The standard InChI is InChI=1S/C7H15NO4S/c1-7(2,3)12-6(9)5-8-13(4,10)11/h8H,5H2,1-4H3. The zero-order chi connectivity index (χ0) is 10.7. The fraction of sp³-hybridized carbons (Fsp3) is 0.857. The Morgan fingerprint density at radius 2 is 1.85 bits per heavy atom. The number of carbonyl (C=O) groups excluding carboxylic acids is 1. The van der Waals surface area contributed by atoms with Gasteiger partial charge in [0.25, 0.3) is 0 Å². The van der Waals surface area contributed by atoms with Gasteiger partial charge in [0.15, 0.2) is 0 Å². The summed E-state index contributed by atoms with van der Waals surface area (Å²) < 4.78 is 28.1. The Bertz CT molecular complexity index is 275. The molecule has 0 aliphatic heterocycles. The van der Waals surface area contributed by atoms with Gasteiger partial charge in [0.05, 0.1) is 6.26 Å². The zero-order valence-electron chi connectivity index (χ0n) is 8.25. The van der Waals surface area contributed by atoms with Gasteiger partial charge in [0.1, 0.15) is 12.1 Å². The Labute approximate surface area is 78.5 Å². The van der Waals surface area contributed by atoms with E-state index in [1.54, 1.807) is 20.8 Å². The number of carbonyl (C=O) groups is 1. The molecule has 0 unspecified atom stereocenters. The highest BCUT2D eigenvalue weighted by molar-refractivity contribution is 7.88. The summed E-state index contributed by atoms with van der Waals surface area (Å²) in [6.45, 7) is 4.82. The number of rotatable bonds is 3. The van der Waals surface area contributed by atoms with Gasteiger partial charge in [0.2, 0.25) is 10.0 Å². The minimum atomic E-state index is -3.33. The number of sulfonamides is 1. The Balaban J connectivity index is 3.92. The van der Waals surface area contributed by atoms with E-state index >= 15 is 0 Å². The van der Waals surface area contributed by atoms with Gasteiger partial charge in [-0.3, -0.25) is 4.79 Å². The van der Waals surface area contributed by atoms with Crippen molar-refractivity contribution in [2.24, 2.45) is 0 Å². The second-order valence-corrected chi connectivity index (χ2v) is 5.51. The van der Waals surface area contributed by atoms with Gasteiger partial charge in [-0.25, -0.2) is 13.1 Å². The highest BCUT2D eigenvalue weighted by atomic mass is 32.2. The molecule has 0 atom stereocenters. The van der Waals surface area contributed by atoms with Crippen molar-refractivity contribution in [3.8, 4) is 0 Å². The summed E-state index contributed by atoms with van der Waals surface area (Å²) >= 11 is 0. The smallest absolute Gasteiger partial charge is 0.321 e. The summed E-state index contributed by atoms with van der Waals surface area (Å²) in [5, 5.41) is 0. The molecular weight excluding hydrogens is 194 g/mol. The topological polar surface area (TPSA) is 72.5 Å². The molecule has 78 valence electrons. The molecule has 0 amide bonds. The van der Waals surface area contributed by atoms with Gasteiger partial charge in [-0.05, 0) is 20.8 Å². The van der Waals surface area contributed by atoms with Crippen LogP contribution in [0.1, 0.15) is 20.8 Å². The number of hydrogen-bond acceptors (Lipinski definition) is 4. The monoisotopic (exact) mass is 209 g/mol. The van der Waals surface area contributed by atoms with E-state index < -0.39 is 21.6 Å². The lowest BCUT2D eigenvalue weighted by atomic mass is 10.2. The highest BCUT2D eigenvalue weighted by Crippen LogP contribution is 2.06. The van der Waals surface area contributed by atoms with Crippen molar-refractivity contribution in [2.45, 2.75) is 26.4 Å². The molecule has 0 radical (unpaired) electrons. The molecule has 0 aliphatic carbocycles. The first-order valence-electron chi connectivity index (χ1n) is 3.77. The Morgan fingerprint density at radius 1 is 1.38 bits per heavy atom. The van der Waals surface area contributed by atoms with E-state index in [0.29, 0.717) is 0 Å². The van der Waals surface area contributed by atoms with Crippen LogP contribution in [0.2, 0.25) is 0 Å². The molecule has 0 spiro atoms. The lowest BCUT2D eigenvalue weighted by molar-refractivity contribution is -0.153. The molecule has 0 aliphatic rings. The summed E-state index contributed by atoms with van der Waals surface area (Å²) in [6, 6.07) is 0. The molecule has 6 heteroatoms. The molecule has 0 aromatic rings. The zero-order valence-corrected chi connectivity index (χ0v) is 9.06. The summed E-state index contributed by atoms with van der Waals surface area (Å²) in [5.41, 5.74) is -0.587. The Hall–Kier alpha value is -0.620. The van der Waals surface area contributed by atoms with E-state index in [9.17, 15) is 13.2 Å². The minimum Gasteiger partial charge on any atom is -0.459 e. The van der Waals surface area contributed by atoms with Crippen molar-refractivity contribution in [1.29, 1.82) is 0 Å². The third-order valence-corrected chi connectivity index (χ3v) is 1.57. The van der Waals surface area contributed by atoms with Crippen molar-refractivity contribution >= 4 is 16.0 Å². The maximum atomic E-state index is 11.0. The van der Waals surface area contributed by atoms with Crippen molar-refractivity contribution < 1.29 is 17.9 Å². The van der Waals surface area contributed by atoms with Crippen LogP contribution in [0.15, 0.2) is 0 Å². The van der Waals surface area contributed by atoms with Crippen LogP contribution in [0.3, 0.4) is 0 Å². The van der Waals surface area contributed by atoms with Crippen molar-refractivity contribution in [2.75, 3.05) is 12.8 Å². The van der Waals surface area contributed by atoms with Gasteiger partial charge >= 0.3 is 5.97 Å². The summed E-state index contributed by atoms with van der Waals surface area (Å²) in [6.07, 6.45) is 0.984. The van der Waals surface area contributed by atoms with E-state index in [-0.39, 0.29) is 6.54 Å². The molecule has 13 heavy (non-hydrogen) atoms. The summed E-state index contributed by atoms with van der Waals surface area (Å²) in [4.78, 5) is 11.0. The average molecular weight is 209 g/mol. The lowest BCUT2D eigenvalue weighted by Crippen LogP contribution is -2.34. The van der Waals surface area contributed by atoms with Crippen LogP contribution in [0.5, 0.6) is 0 Å². The molecule has 0 saturated heterocycles. The fourth-order valence-electron chi connectivity index (χ4n) is 0.568. The number of esters is 1. The van der Waals surface area contributed by atoms with E-state index in [2.05, 4.69) is 0 Å². The van der Waals surface area contributed by atoms with Crippen molar-refractivity contribution in [3.05, 3.63) is 0 Å². The third kappa shape index (κ3) is 9.29. The second-order valence-electron chi connectivity index (χ2n) is 3.68. The van der Waals surface area contributed by atoms with E-state index in [4.69, 9.17) is 4.74 Å². The molecule has 5 nitrogen and oxygen atoms in total. The fourth-order valence-corrected chi connectivity index (χ4v) is 0.948. The van der Waals surface area contributed by atoms with Crippen molar-refractivity contribution in [3.63, 3.8) is 0 Å². The predicted molar refractivity (Wildman–Crippen MR) is 48.7 cm³/mol. The molecule has 0 fully saturated rings. The number of ether oxygens (including phenoxy) is 1. The Morgan fingerprint density at radius 3 is 2.15 bits per heavy atom. The van der Waals surface area contributed by atoms with Crippen LogP contribution in [-0.2, 0) is 19.6 Å². The van der Waals surface area contributed by atoms with Gasteiger partial charge in [0, 0.05) is 0 Å². The van der Waals surface area contributed by atoms with Crippen LogP contribution in [0.25, 0.3) is 0 Å². The minimum absolute atomic E-state index is 0.323. The molecule has 0 saturated carbocycles. The van der Waals surface area contributed by atoms with Gasteiger partial charge in [-0.15, -0.1) is 0 Å². The highest BCUT2D eigenvalue weighted by Gasteiger charge is 2.16. The quantitative estimate of drug-likeness (QED) is 0.658. The predicted octanol–water partition coefficient (Wildman–Crippen LogP) is -0.123. The number of hydrogen-bond donors (Lipinski definition) is 1. The van der Waals surface area contributed by atoms with E-state index in [1.807, 2.05) is 4.72 Å². The molecule has 0 rings (SSSR count). The molecule has 1 N–H and O–H groups in total. The third-order valence-electron chi connectivity index (χ3n) is 0.899. The average Bonchev–Trinajstić information content (AvgIpc) is 1.78. The first-order chi connectivity index (χ1) is 5.60. The second kappa shape index (κ2) is 4.06. The summed E-state index contributed by atoms with van der Waals surface area (Å²) in [7, 11) is -3.33. The van der Waals surface area contributed by atoms with E-state index in [0.717, 1.165) is 6.26 Å². The van der Waals surface area contributed by atoms with E-state index in [1.165, 1.54) is 0 Å². The van der Waals surface area contributed by atoms with Gasteiger partial charge < -0.3 is 4.74 Å². The van der Waals surface area contributed by atoms with Crippen molar-refractivity contribution in [1.82, 2.24) is 4.72 Å². The molecule has 0 heterocycles. The van der Waals surface area contributed by atoms with Crippen LogP contribution in [0.4, 0.5) is 0 Å². The van der Waals surface area contributed by atoms with Crippen LogP contribution < -0.4 is 4.72 Å². The summed E-state index contributed by atoms with van der Waals surface area (Å²) in [5.74, 6) is -0.585. The molecule has 0 bridgehead atoms. The SMILES string of the molecule is CC(C)(C)OC(=O)CNS(C)(=O)=O. The first-order valence-corrected chi connectivity index (χ1v) is 5.66. The Kier molecular flexibility index (Phi) is 3.87. The first kappa shape index (κ1) is 12.4. The molecule has 0 aromatic carbocycles. The van der Waals surface area contributed by atoms with Crippen LogP contribution >= 0.6 is 0 Å². The van der Waals surface area contributed by atoms with Crippen LogP contribution in [0, 0.1) is 0 Å². The number of nitrogens with one attached hydrogen (secondary N) is 1. The lowest BCUT2D eigenvalue weighted by Gasteiger charge is -2.19. The molecular formula is C7H15NO4S. The maximum Gasteiger partial charge on any atom is 0.321 e.